The van der Waals surface area contributed by atoms with Crippen LogP contribution in [-0.2, 0) is 0 Å². The van der Waals surface area contributed by atoms with Crippen molar-refractivity contribution < 1.29 is 14.3 Å². The monoisotopic (exact) mass is 467 g/mol. The van der Waals surface area contributed by atoms with E-state index in [0.29, 0.717) is 32.2 Å². The average Bonchev–Trinajstić information content (AvgIpc) is 3.38. The van der Waals surface area contributed by atoms with Crippen molar-refractivity contribution >= 4 is 55.4 Å². The molecule has 0 aliphatic rings. The number of carboxylic acids is 1. The number of benzene rings is 1. The quantitative estimate of drug-likeness (QED) is 0.435. The lowest BCUT2D eigenvalue weighted by atomic mass is 10.1. The molecule has 1 aromatic carbocycles. The number of imidazole rings is 1. The Kier molecular flexibility index (Phi) is 4.07. The van der Waals surface area contributed by atoms with Crippen LogP contribution in [0.1, 0.15) is 16.1 Å². The molecule has 4 aromatic heterocycles. The number of fused-ring (bicyclic) bond motifs is 3. The Morgan fingerprint density at radius 3 is 2.76 bits per heavy atom. The van der Waals surface area contributed by atoms with Gasteiger partial charge in [-0.3, -0.25) is 4.79 Å². The van der Waals surface area contributed by atoms with Crippen molar-refractivity contribution in [1.29, 1.82) is 0 Å². The van der Waals surface area contributed by atoms with E-state index in [0.717, 1.165) is 10.0 Å². The highest BCUT2D eigenvalue weighted by Crippen LogP contribution is 2.23. The minimum atomic E-state index is -0.981. The van der Waals surface area contributed by atoms with Crippen LogP contribution in [0, 0.1) is 0 Å². The number of thiazole rings is 1. The Morgan fingerprint density at radius 1 is 1.21 bits per heavy atom. The number of hydrogen-bond donors (Lipinski definition) is 1. The lowest BCUT2D eigenvalue weighted by Gasteiger charge is -1.98. The van der Waals surface area contributed by atoms with E-state index >= 15 is 0 Å². The van der Waals surface area contributed by atoms with E-state index in [9.17, 15) is 9.59 Å². The van der Waals surface area contributed by atoms with Gasteiger partial charge in [0.25, 0.3) is 5.56 Å². The Hall–Kier alpha value is -3.30. The molecule has 9 heteroatoms. The van der Waals surface area contributed by atoms with Crippen LogP contribution >= 0.6 is 27.3 Å². The van der Waals surface area contributed by atoms with Gasteiger partial charge >= 0.3 is 5.97 Å². The van der Waals surface area contributed by atoms with E-state index in [-0.39, 0.29) is 11.1 Å². The van der Waals surface area contributed by atoms with Crippen molar-refractivity contribution in [3.8, 4) is 11.3 Å². The predicted octanol–water partition coefficient (Wildman–Crippen LogP) is 3.57. The van der Waals surface area contributed by atoms with Gasteiger partial charge in [-0.25, -0.2) is 19.2 Å². The molecule has 0 saturated heterocycles. The molecule has 142 valence electrons. The van der Waals surface area contributed by atoms with Gasteiger partial charge in [0.2, 0.25) is 0 Å². The zero-order chi connectivity index (χ0) is 20.1. The summed E-state index contributed by atoms with van der Waals surface area (Å²) in [5.74, 6) is 0.118. The molecule has 0 spiro atoms. The second-order valence-corrected chi connectivity index (χ2v) is 8.15. The normalized spacial score (nSPS) is 12.2. The topological polar surface area (TPSA) is 97.7 Å². The van der Waals surface area contributed by atoms with Gasteiger partial charge in [-0.05, 0) is 46.3 Å². The molecule has 0 saturated carbocycles. The van der Waals surface area contributed by atoms with Crippen molar-refractivity contribution in [3.05, 3.63) is 79.3 Å². The molecular weight excluding hydrogens is 458 g/mol. The first-order valence-electron chi connectivity index (χ1n) is 8.41. The number of rotatable bonds is 3. The van der Waals surface area contributed by atoms with Crippen LogP contribution in [-0.4, -0.2) is 25.4 Å². The second kappa shape index (κ2) is 6.64. The molecule has 0 aliphatic heterocycles. The Morgan fingerprint density at radius 2 is 2.00 bits per heavy atom. The van der Waals surface area contributed by atoms with Gasteiger partial charge in [0.1, 0.15) is 21.6 Å². The number of carbonyl (C=O) groups is 1. The first kappa shape index (κ1) is 17.8. The van der Waals surface area contributed by atoms with Crippen molar-refractivity contribution in [2.24, 2.45) is 0 Å². The van der Waals surface area contributed by atoms with Crippen molar-refractivity contribution in [1.82, 2.24) is 14.4 Å². The number of carboxylic acid groups (broad SMARTS) is 1. The first-order valence-corrected chi connectivity index (χ1v) is 10.0. The van der Waals surface area contributed by atoms with E-state index < -0.39 is 5.97 Å². The van der Waals surface area contributed by atoms with E-state index in [1.165, 1.54) is 27.9 Å². The maximum Gasteiger partial charge on any atom is 0.335 e. The second-order valence-electron chi connectivity index (χ2n) is 6.23. The third-order valence-electron chi connectivity index (χ3n) is 4.36. The predicted molar refractivity (Wildman–Crippen MR) is 112 cm³/mol. The van der Waals surface area contributed by atoms with Crippen LogP contribution in [0.3, 0.4) is 0 Å². The van der Waals surface area contributed by atoms with Crippen molar-refractivity contribution in [2.45, 2.75) is 0 Å². The standard InChI is InChI=1S/C20H10BrN3O4S/c21-12-7-14-17(22-9-12)24-18(25)16(29-20(24)23-14)8-13-5-6-15(28-13)10-1-3-11(4-2-10)19(26)27/h1-9H,(H,26,27)/b16-8-. The summed E-state index contributed by atoms with van der Waals surface area (Å²) in [5.41, 5.74) is 1.92. The number of nitrogens with zero attached hydrogens (tertiary/aromatic N) is 3. The molecule has 0 aliphatic carbocycles. The number of aromatic nitrogens is 3. The van der Waals surface area contributed by atoms with Gasteiger partial charge in [0.15, 0.2) is 10.6 Å². The molecule has 4 heterocycles. The fraction of sp³-hybridized carbons (Fsp3) is 0. The van der Waals surface area contributed by atoms with E-state index in [4.69, 9.17) is 9.52 Å². The van der Waals surface area contributed by atoms with Crippen molar-refractivity contribution in [3.63, 3.8) is 0 Å². The summed E-state index contributed by atoms with van der Waals surface area (Å²) in [6.07, 6.45) is 3.30. The van der Waals surface area contributed by atoms with Gasteiger partial charge in [0.05, 0.1) is 5.56 Å². The van der Waals surface area contributed by atoms with Gasteiger partial charge in [-0.15, -0.1) is 0 Å². The largest absolute Gasteiger partial charge is 0.478 e. The van der Waals surface area contributed by atoms with Gasteiger partial charge in [-0.2, -0.15) is 0 Å². The third-order valence-corrected chi connectivity index (χ3v) is 5.77. The number of furan rings is 1. The molecule has 5 rings (SSSR count). The van der Waals surface area contributed by atoms with E-state index in [1.807, 2.05) is 6.07 Å². The lowest BCUT2D eigenvalue weighted by molar-refractivity contribution is 0.0697. The first-order chi connectivity index (χ1) is 14.0. The lowest BCUT2D eigenvalue weighted by Crippen LogP contribution is -2.22. The fourth-order valence-corrected chi connectivity index (χ4v) is 4.28. The molecular formula is C20H10BrN3O4S. The Balaban J connectivity index is 1.56. The zero-order valence-corrected chi connectivity index (χ0v) is 16.9. The van der Waals surface area contributed by atoms with Crippen LogP contribution in [0.2, 0.25) is 0 Å². The molecule has 1 N–H and O–H groups in total. The molecule has 0 fully saturated rings. The van der Waals surface area contributed by atoms with Crippen LogP contribution < -0.4 is 10.1 Å². The molecule has 0 amide bonds. The summed E-state index contributed by atoms with van der Waals surface area (Å²) in [6.45, 7) is 0. The fourth-order valence-electron chi connectivity index (χ4n) is 3.01. The number of pyridine rings is 1. The van der Waals surface area contributed by atoms with E-state index in [2.05, 4.69) is 25.9 Å². The van der Waals surface area contributed by atoms with Gasteiger partial charge in [0, 0.05) is 22.3 Å². The molecule has 0 unspecified atom stereocenters. The van der Waals surface area contributed by atoms with Crippen molar-refractivity contribution in [2.75, 3.05) is 0 Å². The Bertz CT molecular complexity index is 1520. The molecule has 0 atom stereocenters. The van der Waals surface area contributed by atoms with Crippen LogP contribution in [0.4, 0.5) is 0 Å². The summed E-state index contributed by atoms with van der Waals surface area (Å²) < 4.78 is 8.60. The highest BCUT2D eigenvalue weighted by molar-refractivity contribution is 9.10. The summed E-state index contributed by atoms with van der Waals surface area (Å²) in [4.78, 5) is 33.1. The molecule has 7 nitrogen and oxygen atoms in total. The summed E-state index contributed by atoms with van der Waals surface area (Å²) in [5, 5.41) is 8.99. The summed E-state index contributed by atoms with van der Waals surface area (Å²) in [6, 6.07) is 11.8. The molecule has 5 aromatic rings. The molecule has 29 heavy (non-hydrogen) atoms. The maximum atomic E-state index is 12.8. The van der Waals surface area contributed by atoms with E-state index in [1.54, 1.807) is 36.5 Å². The van der Waals surface area contributed by atoms with Crippen LogP contribution in [0.15, 0.2) is 62.3 Å². The Labute approximate surface area is 174 Å². The minimum Gasteiger partial charge on any atom is -0.478 e. The summed E-state index contributed by atoms with van der Waals surface area (Å²) in [7, 11) is 0. The number of aromatic carboxylic acids is 1. The molecule has 0 radical (unpaired) electrons. The van der Waals surface area contributed by atoms with Crippen LogP contribution in [0.25, 0.3) is 33.5 Å². The third kappa shape index (κ3) is 3.04. The van der Waals surface area contributed by atoms with Gasteiger partial charge in [-0.1, -0.05) is 23.5 Å². The highest BCUT2D eigenvalue weighted by Gasteiger charge is 2.13. The highest BCUT2D eigenvalue weighted by atomic mass is 79.9. The molecule has 0 bridgehead atoms. The van der Waals surface area contributed by atoms with Crippen LogP contribution in [0.5, 0.6) is 0 Å². The number of halogens is 1. The maximum absolute atomic E-state index is 12.8. The zero-order valence-electron chi connectivity index (χ0n) is 14.5. The van der Waals surface area contributed by atoms with Gasteiger partial charge < -0.3 is 9.52 Å². The minimum absolute atomic E-state index is 0.203. The average molecular weight is 468 g/mol. The summed E-state index contributed by atoms with van der Waals surface area (Å²) >= 11 is 4.62. The smallest absolute Gasteiger partial charge is 0.335 e. The SMILES string of the molecule is O=C(O)c1ccc(-c2ccc(/C=c3\sc4nc5cc(Br)cnc5n4c3=O)o2)cc1. The number of hydrogen-bond acceptors (Lipinski definition) is 6.